The van der Waals surface area contributed by atoms with Crippen LogP contribution in [0.2, 0.25) is 0 Å². The highest BCUT2D eigenvalue weighted by molar-refractivity contribution is 5.77. The summed E-state index contributed by atoms with van der Waals surface area (Å²) >= 11 is 0. The number of carbonyl (C=O) groups is 1. The number of rotatable bonds is 3. The van der Waals surface area contributed by atoms with Gasteiger partial charge in [0.05, 0.1) is 12.1 Å². The summed E-state index contributed by atoms with van der Waals surface area (Å²) in [4.78, 5) is 11.4. The van der Waals surface area contributed by atoms with Crippen molar-refractivity contribution in [2.45, 2.75) is 51.2 Å². The quantitative estimate of drug-likeness (QED) is 0.680. The fraction of sp³-hybridized carbons (Fsp3) is 0.900. The number of aliphatic hydroxyl groups excluding tert-OH is 1. The zero-order valence-electron chi connectivity index (χ0n) is 8.05. The smallest absolute Gasteiger partial charge is 0.220 e. The lowest BCUT2D eigenvalue weighted by molar-refractivity contribution is -0.125. The SMILES string of the molecule is CC1(CC(=O)N[C@@H]2CC[C@H]2O)CC1. The topological polar surface area (TPSA) is 49.3 Å². The van der Waals surface area contributed by atoms with E-state index in [-0.39, 0.29) is 23.5 Å². The van der Waals surface area contributed by atoms with Gasteiger partial charge in [-0.3, -0.25) is 4.79 Å². The molecule has 2 rings (SSSR count). The average Bonchev–Trinajstić information content (AvgIpc) is 2.76. The summed E-state index contributed by atoms with van der Waals surface area (Å²) in [7, 11) is 0. The van der Waals surface area contributed by atoms with Gasteiger partial charge >= 0.3 is 0 Å². The highest BCUT2D eigenvalue weighted by Gasteiger charge is 2.40. The number of aliphatic hydroxyl groups is 1. The van der Waals surface area contributed by atoms with Crippen molar-refractivity contribution in [3.8, 4) is 0 Å². The van der Waals surface area contributed by atoms with E-state index in [1.54, 1.807) is 0 Å². The van der Waals surface area contributed by atoms with E-state index in [1.165, 1.54) is 12.8 Å². The molecule has 2 fully saturated rings. The van der Waals surface area contributed by atoms with E-state index < -0.39 is 0 Å². The van der Waals surface area contributed by atoms with Crippen molar-refractivity contribution in [1.29, 1.82) is 0 Å². The molecular formula is C10H17NO2. The third-order valence-corrected chi connectivity index (χ3v) is 3.28. The summed E-state index contributed by atoms with van der Waals surface area (Å²) in [6, 6.07) is 0.0369. The van der Waals surface area contributed by atoms with Gasteiger partial charge in [-0.05, 0) is 31.1 Å². The first-order valence-corrected chi connectivity index (χ1v) is 5.07. The Hall–Kier alpha value is -0.570. The predicted molar refractivity (Wildman–Crippen MR) is 49.1 cm³/mol. The van der Waals surface area contributed by atoms with Gasteiger partial charge in [-0.1, -0.05) is 6.92 Å². The molecule has 0 bridgehead atoms. The van der Waals surface area contributed by atoms with Crippen LogP contribution in [0.1, 0.15) is 39.0 Å². The van der Waals surface area contributed by atoms with E-state index in [2.05, 4.69) is 12.2 Å². The molecule has 0 aromatic carbocycles. The predicted octanol–water partition coefficient (Wildman–Crippen LogP) is 0.816. The standard InChI is InChI=1S/C10H17NO2/c1-10(4-5-10)6-9(13)11-7-2-3-8(7)12/h7-8,12H,2-6H2,1H3,(H,11,13)/t7-,8-/m1/s1. The van der Waals surface area contributed by atoms with Crippen LogP contribution in [-0.2, 0) is 4.79 Å². The Bertz CT molecular complexity index is 223. The summed E-state index contributed by atoms with van der Waals surface area (Å²) in [5, 5.41) is 12.1. The van der Waals surface area contributed by atoms with Crippen molar-refractivity contribution in [3.63, 3.8) is 0 Å². The van der Waals surface area contributed by atoms with Crippen molar-refractivity contribution < 1.29 is 9.90 Å². The first kappa shape index (κ1) is 9.00. The van der Waals surface area contributed by atoms with Crippen LogP contribution >= 0.6 is 0 Å². The molecule has 1 amide bonds. The highest BCUT2D eigenvalue weighted by atomic mass is 16.3. The van der Waals surface area contributed by atoms with Crippen molar-refractivity contribution >= 4 is 5.91 Å². The molecular weight excluding hydrogens is 166 g/mol. The second-order valence-corrected chi connectivity index (χ2v) is 4.81. The van der Waals surface area contributed by atoms with Crippen LogP contribution in [0.15, 0.2) is 0 Å². The number of hydrogen-bond donors (Lipinski definition) is 2. The lowest BCUT2D eigenvalue weighted by atomic mass is 9.89. The third-order valence-electron chi connectivity index (χ3n) is 3.28. The van der Waals surface area contributed by atoms with Crippen LogP contribution in [0, 0.1) is 5.41 Å². The van der Waals surface area contributed by atoms with Gasteiger partial charge < -0.3 is 10.4 Å². The van der Waals surface area contributed by atoms with E-state index >= 15 is 0 Å². The first-order chi connectivity index (χ1) is 6.09. The fourth-order valence-electron chi connectivity index (χ4n) is 1.69. The summed E-state index contributed by atoms with van der Waals surface area (Å²) < 4.78 is 0. The lowest BCUT2D eigenvalue weighted by Gasteiger charge is -2.33. The van der Waals surface area contributed by atoms with Crippen LogP contribution in [0.4, 0.5) is 0 Å². The van der Waals surface area contributed by atoms with Crippen LogP contribution in [0.5, 0.6) is 0 Å². The first-order valence-electron chi connectivity index (χ1n) is 5.07. The normalized spacial score (nSPS) is 34.9. The summed E-state index contributed by atoms with van der Waals surface area (Å²) in [5.74, 6) is 0.115. The molecule has 0 aromatic rings. The summed E-state index contributed by atoms with van der Waals surface area (Å²) in [5.41, 5.74) is 0.277. The molecule has 0 aromatic heterocycles. The molecule has 2 aliphatic rings. The van der Waals surface area contributed by atoms with E-state index in [0.29, 0.717) is 6.42 Å². The second kappa shape index (κ2) is 2.98. The molecule has 0 aliphatic heterocycles. The Morgan fingerprint density at radius 2 is 2.23 bits per heavy atom. The minimum Gasteiger partial charge on any atom is -0.391 e. The van der Waals surface area contributed by atoms with E-state index in [9.17, 15) is 9.90 Å². The maximum Gasteiger partial charge on any atom is 0.220 e. The van der Waals surface area contributed by atoms with Crippen molar-refractivity contribution in [2.75, 3.05) is 0 Å². The molecule has 2 aliphatic carbocycles. The van der Waals surface area contributed by atoms with E-state index in [0.717, 1.165) is 12.8 Å². The Morgan fingerprint density at radius 1 is 1.54 bits per heavy atom. The number of nitrogens with one attached hydrogen (secondary N) is 1. The van der Waals surface area contributed by atoms with Crippen LogP contribution in [0.25, 0.3) is 0 Å². The minimum absolute atomic E-state index is 0.0369. The van der Waals surface area contributed by atoms with E-state index in [4.69, 9.17) is 0 Å². The minimum atomic E-state index is -0.295. The fourth-order valence-corrected chi connectivity index (χ4v) is 1.69. The Morgan fingerprint density at radius 3 is 2.62 bits per heavy atom. The van der Waals surface area contributed by atoms with Crippen molar-refractivity contribution in [2.24, 2.45) is 5.41 Å². The van der Waals surface area contributed by atoms with Gasteiger partial charge in [-0.2, -0.15) is 0 Å². The maximum absolute atomic E-state index is 11.4. The van der Waals surface area contributed by atoms with Crippen molar-refractivity contribution in [1.82, 2.24) is 5.32 Å². The summed E-state index contributed by atoms with van der Waals surface area (Å²) in [6.45, 7) is 2.14. The van der Waals surface area contributed by atoms with Crippen LogP contribution in [0.3, 0.4) is 0 Å². The van der Waals surface area contributed by atoms with Gasteiger partial charge in [0.25, 0.3) is 0 Å². The third kappa shape index (κ3) is 2.02. The average molecular weight is 183 g/mol. The molecule has 13 heavy (non-hydrogen) atoms. The van der Waals surface area contributed by atoms with Gasteiger partial charge in [0.1, 0.15) is 0 Å². The molecule has 0 radical (unpaired) electrons. The molecule has 0 unspecified atom stereocenters. The Labute approximate surface area is 78.5 Å². The molecule has 0 saturated heterocycles. The number of carbonyl (C=O) groups excluding carboxylic acids is 1. The van der Waals surface area contributed by atoms with Gasteiger partial charge in [-0.15, -0.1) is 0 Å². The summed E-state index contributed by atoms with van der Waals surface area (Å²) in [6.07, 6.45) is 4.46. The van der Waals surface area contributed by atoms with Gasteiger partial charge in [-0.25, -0.2) is 0 Å². The number of hydrogen-bond acceptors (Lipinski definition) is 2. The van der Waals surface area contributed by atoms with Crippen molar-refractivity contribution in [3.05, 3.63) is 0 Å². The highest BCUT2D eigenvalue weighted by Crippen LogP contribution is 2.48. The number of amides is 1. The molecule has 2 atom stereocenters. The molecule has 2 N–H and O–H groups in total. The molecule has 0 heterocycles. The van der Waals surface area contributed by atoms with Crippen LogP contribution in [-0.4, -0.2) is 23.2 Å². The largest absolute Gasteiger partial charge is 0.391 e. The van der Waals surface area contributed by atoms with Crippen LogP contribution < -0.4 is 5.32 Å². The van der Waals surface area contributed by atoms with E-state index in [1.807, 2.05) is 0 Å². The Kier molecular flexibility index (Phi) is 2.06. The molecule has 2 saturated carbocycles. The van der Waals surface area contributed by atoms with Gasteiger partial charge in [0.15, 0.2) is 0 Å². The van der Waals surface area contributed by atoms with Gasteiger partial charge in [0, 0.05) is 6.42 Å². The lowest BCUT2D eigenvalue weighted by Crippen LogP contribution is -2.50. The molecule has 3 nitrogen and oxygen atoms in total. The zero-order valence-corrected chi connectivity index (χ0v) is 8.05. The zero-order chi connectivity index (χ0) is 9.47. The second-order valence-electron chi connectivity index (χ2n) is 4.81. The van der Waals surface area contributed by atoms with Gasteiger partial charge in [0.2, 0.25) is 5.91 Å². The Balaban J connectivity index is 1.72. The molecule has 3 heteroatoms. The molecule has 0 spiro atoms. The monoisotopic (exact) mass is 183 g/mol. The molecule has 74 valence electrons. The maximum atomic E-state index is 11.4.